The van der Waals surface area contributed by atoms with Gasteiger partial charge in [-0.2, -0.15) is 0 Å². The van der Waals surface area contributed by atoms with Gasteiger partial charge in [-0.05, 0) is 48.2 Å². The molecule has 0 aliphatic carbocycles. The van der Waals surface area contributed by atoms with E-state index in [1.807, 2.05) is 30.3 Å². The molecule has 5 heteroatoms. The van der Waals surface area contributed by atoms with Crippen LogP contribution in [0.4, 0.5) is 5.82 Å². The summed E-state index contributed by atoms with van der Waals surface area (Å²) in [6, 6.07) is 13.7. The second-order valence-electron chi connectivity index (χ2n) is 6.18. The first-order chi connectivity index (χ1) is 11.6. The van der Waals surface area contributed by atoms with Crippen molar-refractivity contribution < 1.29 is 0 Å². The highest BCUT2D eigenvalue weighted by Crippen LogP contribution is 2.30. The fraction of sp³-hybridized carbons (Fsp3) is 0.211. The molecule has 1 aromatic heterocycles. The lowest BCUT2D eigenvalue weighted by Gasteiger charge is -2.23. The van der Waals surface area contributed by atoms with Gasteiger partial charge in [0, 0.05) is 23.5 Å². The van der Waals surface area contributed by atoms with Crippen molar-refractivity contribution in [2.24, 2.45) is 0 Å². The van der Waals surface area contributed by atoms with E-state index in [-0.39, 0.29) is 0 Å². The summed E-state index contributed by atoms with van der Waals surface area (Å²) in [4.78, 5) is 7.07. The number of pyridine rings is 1. The Morgan fingerprint density at radius 3 is 2.75 bits per heavy atom. The first kappa shape index (κ1) is 15.8. The molecule has 0 unspecified atom stereocenters. The molecule has 0 atom stereocenters. The molecule has 118 valence electrons. The third kappa shape index (κ3) is 2.99. The fourth-order valence-corrected chi connectivity index (χ4v) is 3.70. The molecule has 0 spiro atoms. The Balaban J connectivity index is 1.74. The number of rotatable bonds is 1. The highest BCUT2D eigenvalue weighted by molar-refractivity contribution is 6.37. The average Bonchev–Trinajstić information content (AvgIpc) is 2.77. The summed E-state index contributed by atoms with van der Waals surface area (Å²) in [5, 5.41) is 2.23. The number of hydrogen-bond acceptors (Lipinski definition) is 2. The summed E-state index contributed by atoms with van der Waals surface area (Å²) >= 11 is 12.5. The number of nitrogens with zero attached hydrogens (tertiary/aromatic N) is 2. The Morgan fingerprint density at radius 1 is 1.00 bits per heavy atom. The second kappa shape index (κ2) is 6.31. The van der Waals surface area contributed by atoms with Crippen LogP contribution in [0.3, 0.4) is 0 Å². The highest BCUT2D eigenvalue weighted by atomic mass is 35.5. The van der Waals surface area contributed by atoms with E-state index < -0.39 is 0 Å². The predicted octanol–water partition coefficient (Wildman–Crippen LogP) is 4.29. The van der Waals surface area contributed by atoms with E-state index in [0.717, 1.165) is 48.1 Å². The van der Waals surface area contributed by atoms with Crippen LogP contribution in [0.1, 0.15) is 17.5 Å². The molecule has 0 bridgehead atoms. The molecule has 3 aromatic rings. The largest absolute Gasteiger partial charge is 0.352 e. The summed E-state index contributed by atoms with van der Waals surface area (Å²) in [6.45, 7) is 1.76. The lowest BCUT2D eigenvalue weighted by atomic mass is 9.91. The topological polar surface area (TPSA) is 16.1 Å². The number of benzene rings is 2. The van der Waals surface area contributed by atoms with Gasteiger partial charge >= 0.3 is 0 Å². The molecule has 0 N–H and O–H groups in total. The number of hydrogen-bond donors (Lipinski definition) is 0. The van der Waals surface area contributed by atoms with Gasteiger partial charge in [-0.3, -0.25) is 0 Å². The van der Waals surface area contributed by atoms with Gasteiger partial charge in [-0.25, -0.2) is 4.98 Å². The number of anilines is 1. The number of aryl methyl sites for hydroxylation is 1. The van der Waals surface area contributed by atoms with Gasteiger partial charge in [-0.15, -0.1) is 0 Å². The van der Waals surface area contributed by atoms with Gasteiger partial charge in [0.2, 0.25) is 0 Å². The van der Waals surface area contributed by atoms with Gasteiger partial charge in [0.15, 0.2) is 0 Å². The van der Waals surface area contributed by atoms with Crippen molar-refractivity contribution in [3.63, 3.8) is 0 Å². The van der Waals surface area contributed by atoms with Gasteiger partial charge in [0.25, 0.3) is 0 Å². The molecule has 1 aliphatic rings. The molecule has 4 rings (SSSR count). The molecule has 1 aliphatic heterocycles. The van der Waals surface area contributed by atoms with Crippen LogP contribution in [-0.2, 0) is 13.0 Å². The highest BCUT2D eigenvalue weighted by Gasteiger charge is 2.17. The van der Waals surface area contributed by atoms with E-state index in [1.165, 1.54) is 11.1 Å². The molecule has 2 heterocycles. The maximum Gasteiger partial charge on any atom is 0.131 e. The van der Waals surface area contributed by atoms with Crippen LogP contribution in [-0.4, -0.2) is 19.4 Å². The molecule has 24 heavy (non-hydrogen) atoms. The van der Waals surface area contributed by atoms with Crippen LogP contribution < -0.4 is 10.4 Å². The van der Waals surface area contributed by atoms with Crippen molar-refractivity contribution in [2.45, 2.75) is 19.4 Å². The van der Waals surface area contributed by atoms with E-state index in [9.17, 15) is 0 Å². The maximum atomic E-state index is 6.47. The van der Waals surface area contributed by atoms with Gasteiger partial charge in [0.05, 0.1) is 10.5 Å². The number of aromatic nitrogens is 1. The van der Waals surface area contributed by atoms with Crippen molar-refractivity contribution in [2.75, 3.05) is 11.4 Å². The summed E-state index contributed by atoms with van der Waals surface area (Å²) in [5.74, 6) is 0.902. The third-order valence-corrected chi connectivity index (χ3v) is 5.04. The van der Waals surface area contributed by atoms with Crippen molar-refractivity contribution in [3.05, 3.63) is 63.6 Å². The van der Waals surface area contributed by atoms with Crippen LogP contribution >= 0.6 is 23.2 Å². The Hall–Kier alpha value is -1.71. The minimum absolute atomic E-state index is 0.667. The van der Waals surface area contributed by atoms with E-state index in [0.29, 0.717) is 10.0 Å². The van der Waals surface area contributed by atoms with Gasteiger partial charge in [0.1, 0.15) is 13.7 Å². The number of fused-ring (bicyclic) bond motifs is 2. The SMILES string of the molecule is [B]c1ccc2c(c1)CCCN(c1cc(Cl)c3cc(Cl)ccc3n1)C2. The van der Waals surface area contributed by atoms with Crippen LogP contribution in [0, 0.1) is 0 Å². The zero-order chi connectivity index (χ0) is 16.7. The van der Waals surface area contributed by atoms with E-state index in [4.69, 9.17) is 36.0 Å². The molecule has 0 amide bonds. The lowest BCUT2D eigenvalue weighted by Crippen LogP contribution is -2.23. The zero-order valence-corrected chi connectivity index (χ0v) is 14.6. The zero-order valence-electron chi connectivity index (χ0n) is 13.1. The Labute approximate surface area is 152 Å². The molecular weight excluding hydrogens is 338 g/mol. The Morgan fingerprint density at radius 2 is 1.88 bits per heavy atom. The van der Waals surface area contributed by atoms with Crippen molar-refractivity contribution >= 4 is 53.2 Å². The van der Waals surface area contributed by atoms with Crippen LogP contribution in [0.2, 0.25) is 10.0 Å². The van der Waals surface area contributed by atoms with Gasteiger partial charge < -0.3 is 4.90 Å². The van der Waals surface area contributed by atoms with E-state index >= 15 is 0 Å². The van der Waals surface area contributed by atoms with E-state index in [2.05, 4.69) is 17.0 Å². The maximum absolute atomic E-state index is 6.47. The fourth-order valence-electron chi connectivity index (χ4n) is 3.28. The van der Waals surface area contributed by atoms with Crippen molar-refractivity contribution in [3.8, 4) is 0 Å². The molecule has 2 nitrogen and oxygen atoms in total. The Kier molecular flexibility index (Phi) is 4.15. The molecular formula is C19H15BCl2N2. The lowest BCUT2D eigenvalue weighted by molar-refractivity contribution is 0.756. The standard InChI is InChI=1S/C19H15BCl2N2/c20-14-4-3-13-11-24(7-1-2-12(13)8-14)19-10-17(22)16-9-15(21)5-6-18(16)23-19/h3-6,8-10H,1-2,7,11H2. The Bertz CT molecular complexity index is 927. The van der Waals surface area contributed by atoms with E-state index in [1.54, 1.807) is 0 Å². The monoisotopic (exact) mass is 352 g/mol. The third-order valence-electron chi connectivity index (χ3n) is 4.50. The van der Waals surface area contributed by atoms with Crippen LogP contribution in [0.25, 0.3) is 10.9 Å². The summed E-state index contributed by atoms with van der Waals surface area (Å²) in [5.41, 5.74) is 4.32. The predicted molar refractivity (Wildman–Crippen MR) is 103 cm³/mol. The molecule has 0 fully saturated rings. The summed E-state index contributed by atoms with van der Waals surface area (Å²) < 4.78 is 0. The minimum Gasteiger partial charge on any atom is -0.352 e. The van der Waals surface area contributed by atoms with Crippen molar-refractivity contribution in [1.29, 1.82) is 0 Å². The first-order valence-electron chi connectivity index (χ1n) is 7.98. The molecule has 0 saturated carbocycles. The summed E-state index contributed by atoms with van der Waals surface area (Å²) in [7, 11) is 5.92. The first-order valence-corrected chi connectivity index (χ1v) is 8.74. The smallest absolute Gasteiger partial charge is 0.131 e. The van der Waals surface area contributed by atoms with Crippen LogP contribution in [0.15, 0.2) is 42.5 Å². The second-order valence-corrected chi connectivity index (χ2v) is 7.02. The molecule has 2 radical (unpaired) electrons. The average molecular weight is 353 g/mol. The minimum atomic E-state index is 0.667. The van der Waals surface area contributed by atoms with Crippen molar-refractivity contribution in [1.82, 2.24) is 4.98 Å². The van der Waals surface area contributed by atoms with Crippen LogP contribution in [0.5, 0.6) is 0 Å². The number of halogens is 2. The molecule has 0 saturated heterocycles. The quantitative estimate of drug-likeness (QED) is 0.607. The molecule has 2 aromatic carbocycles. The van der Waals surface area contributed by atoms with Gasteiger partial charge in [-0.1, -0.05) is 46.9 Å². The normalized spacial score (nSPS) is 14.5. The summed E-state index contributed by atoms with van der Waals surface area (Å²) in [6.07, 6.45) is 2.10.